The van der Waals surface area contributed by atoms with Crippen LogP contribution >= 0.6 is 31.9 Å². The number of nitrogens with one attached hydrogen (secondary N) is 1. The van der Waals surface area contributed by atoms with E-state index in [1.165, 1.54) is 0 Å². The van der Waals surface area contributed by atoms with E-state index >= 15 is 0 Å². The van der Waals surface area contributed by atoms with Gasteiger partial charge in [0.15, 0.2) is 10.3 Å². The number of pyridine rings is 1. The molecule has 0 aliphatic rings. The van der Waals surface area contributed by atoms with Gasteiger partial charge in [0.05, 0.1) is 12.1 Å². The first-order chi connectivity index (χ1) is 11.1. The maximum Gasteiger partial charge on any atom is 0.273 e. The van der Waals surface area contributed by atoms with Gasteiger partial charge in [-0.1, -0.05) is 15.9 Å². The Balaban J connectivity index is 1.94. The Labute approximate surface area is 149 Å². The van der Waals surface area contributed by atoms with Gasteiger partial charge in [-0.05, 0) is 28.1 Å². The van der Waals surface area contributed by atoms with Gasteiger partial charge >= 0.3 is 0 Å². The zero-order valence-corrected chi connectivity index (χ0v) is 15.3. The number of amides is 1. The van der Waals surface area contributed by atoms with Crippen LogP contribution in [0.15, 0.2) is 44.0 Å². The monoisotopic (exact) mass is 441 g/mol. The summed E-state index contributed by atoms with van der Waals surface area (Å²) in [6.45, 7) is 1.03. The number of carbonyl (C=O) groups excluding carboxylic acids is 1. The van der Waals surface area contributed by atoms with Crippen molar-refractivity contribution in [3.8, 4) is 0 Å². The molecule has 3 rings (SSSR count). The lowest BCUT2D eigenvalue weighted by molar-refractivity contribution is 0.101. The molecule has 0 fully saturated rings. The number of anilines is 1. The van der Waals surface area contributed by atoms with Crippen molar-refractivity contribution in [1.29, 1.82) is 0 Å². The van der Waals surface area contributed by atoms with Crippen LogP contribution in [0.4, 0.5) is 5.82 Å². The van der Waals surface area contributed by atoms with Crippen LogP contribution in [-0.4, -0.2) is 29.2 Å². The van der Waals surface area contributed by atoms with E-state index in [1.807, 2.05) is 10.6 Å². The summed E-state index contributed by atoms with van der Waals surface area (Å²) in [5.41, 5.74) is 1.96. The zero-order valence-electron chi connectivity index (χ0n) is 12.2. The number of furan rings is 1. The van der Waals surface area contributed by atoms with Gasteiger partial charge in [0.2, 0.25) is 0 Å². The third kappa shape index (κ3) is 3.49. The second-order valence-electron chi connectivity index (χ2n) is 4.79. The molecular formula is C15H13Br2N3O3. The van der Waals surface area contributed by atoms with Crippen molar-refractivity contribution >= 4 is 54.7 Å². The van der Waals surface area contributed by atoms with E-state index in [-0.39, 0.29) is 5.91 Å². The molecule has 0 aliphatic carbocycles. The van der Waals surface area contributed by atoms with Crippen molar-refractivity contribution in [2.24, 2.45) is 0 Å². The molecule has 1 amide bonds. The van der Waals surface area contributed by atoms with Crippen molar-refractivity contribution in [2.45, 2.75) is 6.54 Å². The summed E-state index contributed by atoms with van der Waals surface area (Å²) in [4.78, 5) is 16.7. The average molecular weight is 443 g/mol. The number of aromatic nitrogens is 2. The summed E-state index contributed by atoms with van der Waals surface area (Å²) in [5, 5.41) is 2.79. The van der Waals surface area contributed by atoms with Crippen molar-refractivity contribution in [2.75, 3.05) is 19.0 Å². The second kappa shape index (κ2) is 6.86. The van der Waals surface area contributed by atoms with Crippen LogP contribution in [0.1, 0.15) is 10.5 Å². The zero-order chi connectivity index (χ0) is 16.4. The summed E-state index contributed by atoms with van der Waals surface area (Å²) in [5.74, 6) is 0.218. The van der Waals surface area contributed by atoms with E-state index in [2.05, 4.69) is 42.2 Å². The van der Waals surface area contributed by atoms with E-state index in [0.717, 1.165) is 9.99 Å². The standard InChI is InChI=1S/C15H13Br2N3O3/c1-22-5-4-20-10-8-13(17)23-12(10)7-11(20)15(21)19-14-6-9(16)2-3-18-14/h2-3,6-8H,4-5H2,1H3,(H,18,19,21). The summed E-state index contributed by atoms with van der Waals surface area (Å²) >= 11 is 6.66. The molecule has 0 atom stereocenters. The van der Waals surface area contributed by atoms with Gasteiger partial charge < -0.3 is 19.0 Å². The fourth-order valence-corrected chi connectivity index (χ4v) is 3.00. The summed E-state index contributed by atoms with van der Waals surface area (Å²) in [6.07, 6.45) is 1.62. The maximum absolute atomic E-state index is 12.6. The number of hydrogen-bond donors (Lipinski definition) is 1. The van der Waals surface area contributed by atoms with E-state index < -0.39 is 0 Å². The Bertz CT molecular complexity index is 857. The smallest absolute Gasteiger partial charge is 0.273 e. The highest BCUT2D eigenvalue weighted by Gasteiger charge is 2.19. The highest BCUT2D eigenvalue weighted by Crippen LogP contribution is 2.27. The number of methoxy groups -OCH3 is 1. The Kier molecular flexibility index (Phi) is 4.84. The topological polar surface area (TPSA) is 69.3 Å². The molecular weight excluding hydrogens is 430 g/mol. The third-order valence-corrected chi connectivity index (χ3v) is 4.16. The molecule has 0 radical (unpaired) electrons. The van der Waals surface area contributed by atoms with Crippen LogP contribution < -0.4 is 5.32 Å². The van der Waals surface area contributed by atoms with Crippen LogP contribution in [0.25, 0.3) is 11.1 Å². The minimum atomic E-state index is -0.255. The molecule has 120 valence electrons. The molecule has 0 aliphatic heterocycles. The Morgan fingerprint density at radius 2 is 2.22 bits per heavy atom. The SMILES string of the molecule is COCCn1c(C(=O)Nc2cc(Br)ccn2)cc2oc(Br)cc21. The number of carbonyl (C=O) groups is 1. The highest BCUT2D eigenvalue weighted by molar-refractivity contribution is 9.10. The van der Waals surface area contributed by atoms with Gasteiger partial charge in [-0.25, -0.2) is 4.98 Å². The largest absolute Gasteiger partial charge is 0.448 e. The Morgan fingerprint density at radius 1 is 1.39 bits per heavy atom. The van der Waals surface area contributed by atoms with E-state index in [0.29, 0.717) is 34.9 Å². The van der Waals surface area contributed by atoms with Gasteiger partial charge in [-0.2, -0.15) is 0 Å². The minimum absolute atomic E-state index is 0.255. The predicted octanol–water partition coefficient (Wildman–Crippen LogP) is 4.05. The van der Waals surface area contributed by atoms with Crippen molar-refractivity contribution in [3.05, 3.63) is 45.3 Å². The van der Waals surface area contributed by atoms with Crippen molar-refractivity contribution in [1.82, 2.24) is 9.55 Å². The van der Waals surface area contributed by atoms with Gasteiger partial charge in [0.1, 0.15) is 11.5 Å². The Morgan fingerprint density at radius 3 is 2.96 bits per heavy atom. The number of halogens is 2. The van der Waals surface area contributed by atoms with Crippen LogP contribution in [0, 0.1) is 0 Å². The van der Waals surface area contributed by atoms with Crippen LogP contribution in [0.3, 0.4) is 0 Å². The molecule has 1 N–H and O–H groups in total. The average Bonchev–Trinajstić information content (AvgIpc) is 3.01. The van der Waals surface area contributed by atoms with E-state index in [1.54, 1.807) is 31.5 Å². The number of nitrogens with zero attached hydrogens (tertiary/aromatic N) is 2. The summed E-state index contributed by atoms with van der Waals surface area (Å²) < 4.78 is 14.0. The first-order valence-corrected chi connectivity index (χ1v) is 8.37. The molecule has 0 aromatic carbocycles. The molecule has 0 saturated heterocycles. The molecule has 0 bridgehead atoms. The molecule has 0 spiro atoms. The first kappa shape index (κ1) is 16.2. The van der Waals surface area contributed by atoms with Crippen molar-refractivity contribution in [3.63, 3.8) is 0 Å². The molecule has 0 unspecified atom stereocenters. The van der Waals surface area contributed by atoms with E-state index in [9.17, 15) is 4.79 Å². The quantitative estimate of drug-likeness (QED) is 0.647. The number of ether oxygens (including phenoxy) is 1. The molecule has 0 saturated carbocycles. The van der Waals surface area contributed by atoms with E-state index in [4.69, 9.17) is 9.15 Å². The molecule has 3 heterocycles. The van der Waals surface area contributed by atoms with Gasteiger partial charge in [0.25, 0.3) is 5.91 Å². The number of rotatable bonds is 5. The van der Waals surface area contributed by atoms with Gasteiger partial charge in [-0.15, -0.1) is 0 Å². The molecule has 3 aromatic heterocycles. The number of fused-ring (bicyclic) bond motifs is 1. The summed E-state index contributed by atoms with van der Waals surface area (Å²) in [6, 6.07) is 7.07. The summed E-state index contributed by atoms with van der Waals surface area (Å²) in [7, 11) is 1.62. The number of hydrogen-bond acceptors (Lipinski definition) is 4. The van der Waals surface area contributed by atoms with Crippen LogP contribution in [-0.2, 0) is 11.3 Å². The minimum Gasteiger partial charge on any atom is -0.448 e. The fourth-order valence-electron chi connectivity index (χ4n) is 2.28. The lowest BCUT2D eigenvalue weighted by Gasteiger charge is -2.09. The van der Waals surface area contributed by atoms with Gasteiger partial charge in [-0.3, -0.25) is 4.79 Å². The second-order valence-corrected chi connectivity index (χ2v) is 6.48. The molecule has 8 heteroatoms. The molecule has 3 aromatic rings. The molecule has 6 nitrogen and oxygen atoms in total. The predicted molar refractivity (Wildman–Crippen MR) is 93.7 cm³/mol. The normalized spacial score (nSPS) is 11.1. The Hall–Kier alpha value is -1.64. The first-order valence-electron chi connectivity index (χ1n) is 6.79. The lowest BCUT2D eigenvalue weighted by atomic mass is 10.3. The van der Waals surface area contributed by atoms with Gasteiger partial charge in [0, 0.05) is 36.5 Å². The fraction of sp³-hybridized carbons (Fsp3) is 0.200. The van der Waals surface area contributed by atoms with Crippen LogP contribution in [0.2, 0.25) is 0 Å². The van der Waals surface area contributed by atoms with Crippen molar-refractivity contribution < 1.29 is 13.9 Å². The third-order valence-electron chi connectivity index (χ3n) is 3.27. The molecule has 23 heavy (non-hydrogen) atoms. The maximum atomic E-state index is 12.6. The van der Waals surface area contributed by atoms with Crippen LogP contribution in [0.5, 0.6) is 0 Å². The highest BCUT2D eigenvalue weighted by atomic mass is 79.9. The lowest BCUT2D eigenvalue weighted by Crippen LogP contribution is -2.19.